The quantitative estimate of drug-likeness (QED) is 0.328. The average molecular weight is 269 g/mol. The van der Waals surface area contributed by atoms with Crippen molar-refractivity contribution < 1.29 is 0 Å². The lowest BCUT2D eigenvalue weighted by molar-refractivity contribution is 0.193. The fourth-order valence-electron chi connectivity index (χ4n) is 3.21. The minimum Gasteiger partial charge on any atom is -0.0654 e. The van der Waals surface area contributed by atoms with Gasteiger partial charge in [-0.05, 0) is 23.7 Å². The van der Waals surface area contributed by atoms with Crippen LogP contribution in [0.5, 0.6) is 0 Å². The maximum Gasteiger partial charge on any atom is -0.0329 e. The molecule has 0 aliphatic heterocycles. The zero-order chi connectivity index (χ0) is 14.7. The highest BCUT2D eigenvalue weighted by Crippen LogP contribution is 2.35. The summed E-state index contributed by atoms with van der Waals surface area (Å²) in [5, 5.41) is 0. The first-order valence-corrected chi connectivity index (χ1v) is 8.97. The minimum absolute atomic E-state index is 0.543. The molecule has 0 aromatic rings. The maximum absolute atomic E-state index is 2.46. The Morgan fingerprint density at radius 3 is 1.89 bits per heavy atom. The SMILES string of the molecule is CCCCC(CC)CCCCC(C)C(C)(C)CCC. The average Bonchev–Trinajstić information content (AvgIpc) is 2.37. The van der Waals surface area contributed by atoms with E-state index in [0.29, 0.717) is 5.41 Å². The number of hydrogen-bond donors (Lipinski definition) is 0. The maximum atomic E-state index is 2.46. The van der Waals surface area contributed by atoms with Gasteiger partial charge in [0.2, 0.25) is 0 Å². The van der Waals surface area contributed by atoms with Crippen LogP contribution in [0.15, 0.2) is 0 Å². The highest BCUT2D eigenvalue weighted by Gasteiger charge is 2.24. The van der Waals surface area contributed by atoms with Crippen molar-refractivity contribution >= 4 is 0 Å². The zero-order valence-corrected chi connectivity index (χ0v) is 14.7. The van der Waals surface area contributed by atoms with E-state index in [1.54, 1.807) is 0 Å². The summed E-state index contributed by atoms with van der Waals surface area (Å²) in [6, 6.07) is 0. The number of unbranched alkanes of at least 4 members (excludes halogenated alkanes) is 2. The summed E-state index contributed by atoms with van der Waals surface area (Å²) in [4.78, 5) is 0. The lowest BCUT2D eigenvalue weighted by Gasteiger charge is -2.32. The second-order valence-corrected chi connectivity index (χ2v) is 7.34. The van der Waals surface area contributed by atoms with Crippen LogP contribution >= 0.6 is 0 Å². The summed E-state index contributed by atoms with van der Waals surface area (Å²) < 4.78 is 0. The molecule has 0 bridgehead atoms. The molecule has 0 aliphatic rings. The predicted molar refractivity (Wildman–Crippen MR) is 89.6 cm³/mol. The molecule has 2 unspecified atom stereocenters. The third-order valence-electron chi connectivity index (χ3n) is 5.27. The molecule has 19 heavy (non-hydrogen) atoms. The molecule has 0 saturated heterocycles. The van der Waals surface area contributed by atoms with Gasteiger partial charge in [-0.1, -0.05) is 99.3 Å². The molecule has 0 aromatic heterocycles. The summed E-state index contributed by atoms with van der Waals surface area (Å²) in [5.41, 5.74) is 0.543. The summed E-state index contributed by atoms with van der Waals surface area (Å²) in [7, 11) is 0. The summed E-state index contributed by atoms with van der Waals surface area (Å²) in [5.74, 6) is 1.88. The van der Waals surface area contributed by atoms with Crippen LogP contribution in [0.1, 0.15) is 106 Å². The molecule has 0 rings (SSSR count). The third kappa shape index (κ3) is 8.71. The van der Waals surface area contributed by atoms with Gasteiger partial charge in [-0.3, -0.25) is 0 Å². The van der Waals surface area contributed by atoms with Crippen molar-refractivity contribution in [3.63, 3.8) is 0 Å². The van der Waals surface area contributed by atoms with Gasteiger partial charge >= 0.3 is 0 Å². The molecular formula is C19H40. The van der Waals surface area contributed by atoms with Crippen molar-refractivity contribution in [2.75, 3.05) is 0 Å². The second kappa shape index (κ2) is 10.7. The first-order chi connectivity index (χ1) is 8.97. The van der Waals surface area contributed by atoms with Crippen LogP contribution < -0.4 is 0 Å². The fourth-order valence-corrected chi connectivity index (χ4v) is 3.21. The van der Waals surface area contributed by atoms with E-state index >= 15 is 0 Å². The molecule has 0 heterocycles. The lowest BCUT2D eigenvalue weighted by Crippen LogP contribution is -2.21. The van der Waals surface area contributed by atoms with Gasteiger partial charge in [-0.25, -0.2) is 0 Å². The molecule has 0 radical (unpaired) electrons. The zero-order valence-electron chi connectivity index (χ0n) is 14.7. The largest absolute Gasteiger partial charge is 0.0654 e. The predicted octanol–water partition coefficient (Wildman–Crippen LogP) is 7.23. The highest BCUT2D eigenvalue weighted by atomic mass is 14.3. The van der Waals surface area contributed by atoms with E-state index in [1.807, 2.05) is 0 Å². The first kappa shape index (κ1) is 19.0. The van der Waals surface area contributed by atoms with Crippen LogP contribution in [0, 0.1) is 17.3 Å². The van der Waals surface area contributed by atoms with E-state index in [4.69, 9.17) is 0 Å². The molecule has 0 nitrogen and oxygen atoms in total. The van der Waals surface area contributed by atoms with Gasteiger partial charge < -0.3 is 0 Å². The van der Waals surface area contributed by atoms with Crippen LogP contribution in [0.4, 0.5) is 0 Å². The molecule has 0 aliphatic carbocycles. The third-order valence-corrected chi connectivity index (χ3v) is 5.27. The molecule has 0 fully saturated rings. The van der Waals surface area contributed by atoms with Gasteiger partial charge in [0.1, 0.15) is 0 Å². The van der Waals surface area contributed by atoms with Crippen molar-refractivity contribution in [2.45, 2.75) is 106 Å². The van der Waals surface area contributed by atoms with E-state index in [9.17, 15) is 0 Å². The molecule has 0 spiro atoms. The molecule has 0 amide bonds. The number of hydrogen-bond acceptors (Lipinski definition) is 0. The Hall–Kier alpha value is 0. The van der Waals surface area contributed by atoms with Gasteiger partial charge in [0, 0.05) is 0 Å². The first-order valence-electron chi connectivity index (χ1n) is 8.97. The van der Waals surface area contributed by atoms with Crippen molar-refractivity contribution in [2.24, 2.45) is 17.3 Å². The number of rotatable bonds is 12. The van der Waals surface area contributed by atoms with E-state index in [2.05, 4.69) is 41.5 Å². The Kier molecular flexibility index (Phi) is 10.7. The van der Waals surface area contributed by atoms with Crippen LogP contribution in [0.3, 0.4) is 0 Å². The Labute approximate surface area is 123 Å². The molecular weight excluding hydrogens is 228 g/mol. The second-order valence-electron chi connectivity index (χ2n) is 7.34. The standard InChI is InChI=1S/C19H40/c1-7-10-14-18(9-3)15-12-11-13-17(4)19(5,6)16-8-2/h17-18H,7-16H2,1-6H3. The lowest BCUT2D eigenvalue weighted by atomic mass is 9.74. The highest BCUT2D eigenvalue weighted by molar-refractivity contribution is 4.75. The van der Waals surface area contributed by atoms with Crippen LogP contribution in [0.2, 0.25) is 0 Å². The van der Waals surface area contributed by atoms with Gasteiger partial charge in [0.25, 0.3) is 0 Å². The normalized spacial score (nSPS) is 15.5. The van der Waals surface area contributed by atoms with Gasteiger partial charge in [0.05, 0.1) is 0 Å². The minimum atomic E-state index is 0.543. The molecule has 0 heteroatoms. The van der Waals surface area contributed by atoms with Gasteiger partial charge in [0.15, 0.2) is 0 Å². The Balaban J connectivity index is 3.77. The fraction of sp³-hybridized carbons (Fsp3) is 1.00. The Morgan fingerprint density at radius 1 is 0.789 bits per heavy atom. The summed E-state index contributed by atoms with van der Waals surface area (Å²) in [6.07, 6.45) is 14.1. The topological polar surface area (TPSA) is 0 Å². The van der Waals surface area contributed by atoms with Crippen molar-refractivity contribution in [3.8, 4) is 0 Å². The van der Waals surface area contributed by atoms with Gasteiger partial charge in [-0.2, -0.15) is 0 Å². The van der Waals surface area contributed by atoms with Crippen LogP contribution in [-0.4, -0.2) is 0 Å². The van der Waals surface area contributed by atoms with Crippen molar-refractivity contribution in [1.82, 2.24) is 0 Å². The van der Waals surface area contributed by atoms with Crippen LogP contribution in [-0.2, 0) is 0 Å². The molecule has 0 aromatic carbocycles. The van der Waals surface area contributed by atoms with E-state index in [-0.39, 0.29) is 0 Å². The van der Waals surface area contributed by atoms with E-state index < -0.39 is 0 Å². The smallest absolute Gasteiger partial charge is 0.0329 e. The van der Waals surface area contributed by atoms with E-state index in [1.165, 1.54) is 64.2 Å². The van der Waals surface area contributed by atoms with Crippen LogP contribution in [0.25, 0.3) is 0 Å². The van der Waals surface area contributed by atoms with Crippen molar-refractivity contribution in [1.29, 1.82) is 0 Å². The van der Waals surface area contributed by atoms with E-state index in [0.717, 1.165) is 11.8 Å². The molecule has 0 saturated carbocycles. The summed E-state index contributed by atoms with van der Waals surface area (Å²) >= 11 is 0. The molecule has 2 atom stereocenters. The molecule has 0 N–H and O–H groups in total. The van der Waals surface area contributed by atoms with Gasteiger partial charge in [-0.15, -0.1) is 0 Å². The summed E-state index contributed by atoms with van der Waals surface area (Å²) in [6.45, 7) is 14.4. The Bertz CT molecular complexity index is 192. The monoisotopic (exact) mass is 268 g/mol. The van der Waals surface area contributed by atoms with Crippen molar-refractivity contribution in [3.05, 3.63) is 0 Å². The molecule has 116 valence electrons. The Morgan fingerprint density at radius 2 is 1.37 bits per heavy atom.